The van der Waals surface area contributed by atoms with E-state index in [2.05, 4.69) is 0 Å². The quantitative estimate of drug-likeness (QED) is 0.849. The van der Waals surface area contributed by atoms with Gasteiger partial charge in [0.15, 0.2) is 0 Å². The summed E-state index contributed by atoms with van der Waals surface area (Å²) in [6, 6.07) is 7.00. The number of sulfonamides is 1. The standard InChI is InChI=1S/C10H15NO3S/c1-3-14-10-7-5-4-6-9(10)8(2)15(11,12)13/h4-8H,3H2,1-2H3,(H2,11,12,13). The molecule has 0 bridgehead atoms. The molecule has 0 saturated carbocycles. The van der Waals surface area contributed by atoms with E-state index in [0.717, 1.165) is 0 Å². The Labute approximate surface area is 90.1 Å². The first-order chi connectivity index (χ1) is 6.96. The lowest BCUT2D eigenvalue weighted by Crippen LogP contribution is -2.19. The number of hydrogen-bond acceptors (Lipinski definition) is 3. The molecule has 0 aromatic heterocycles. The van der Waals surface area contributed by atoms with Gasteiger partial charge < -0.3 is 4.74 Å². The summed E-state index contributed by atoms with van der Waals surface area (Å²) in [5.41, 5.74) is 0.599. The SMILES string of the molecule is CCOc1ccccc1C(C)S(N)(=O)=O. The molecule has 15 heavy (non-hydrogen) atoms. The predicted molar refractivity (Wildman–Crippen MR) is 59.1 cm³/mol. The molecule has 1 atom stereocenters. The van der Waals surface area contributed by atoms with Gasteiger partial charge >= 0.3 is 0 Å². The number of para-hydroxylation sites is 1. The van der Waals surface area contributed by atoms with Crippen LogP contribution < -0.4 is 9.88 Å². The van der Waals surface area contributed by atoms with Crippen molar-refractivity contribution in [3.63, 3.8) is 0 Å². The molecule has 0 aliphatic rings. The van der Waals surface area contributed by atoms with Crippen molar-refractivity contribution in [1.29, 1.82) is 0 Å². The molecule has 1 aromatic rings. The molecule has 0 radical (unpaired) electrons. The Morgan fingerprint density at radius 3 is 2.53 bits per heavy atom. The van der Waals surface area contributed by atoms with E-state index >= 15 is 0 Å². The van der Waals surface area contributed by atoms with Gasteiger partial charge in [0.2, 0.25) is 10.0 Å². The van der Waals surface area contributed by atoms with Gasteiger partial charge in [-0.25, -0.2) is 13.6 Å². The zero-order valence-corrected chi connectivity index (χ0v) is 9.62. The Kier molecular flexibility index (Phi) is 3.71. The summed E-state index contributed by atoms with van der Waals surface area (Å²) in [6.07, 6.45) is 0. The van der Waals surface area contributed by atoms with Gasteiger partial charge in [-0.3, -0.25) is 0 Å². The third-order valence-electron chi connectivity index (χ3n) is 2.15. The average Bonchev–Trinajstić information content (AvgIpc) is 2.17. The van der Waals surface area contributed by atoms with E-state index < -0.39 is 15.3 Å². The molecule has 1 rings (SSSR count). The first kappa shape index (κ1) is 12.0. The van der Waals surface area contributed by atoms with Crippen LogP contribution in [0.15, 0.2) is 24.3 Å². The van der Waals surface area contributed by atoms with E-state index in [1.807, 2.05) is 6.92 Å². The van der Waals surface area contributed by atoms with Crippen molar-refractivity contribution in [2.75, 3.05) is 6.61 Å². The molecule has 0 amide bonds. The predicted octanol–water partition coefficient (Wildman–Crippen LogP) is 1.43. The maximum Gasteiger partial charge on any atom is 0.216 e. The Balaban J connectivity index is 3.13. The van der Waals surface area contributed by atoms with Crippen LogP contribution in [0.3, 0.4) is 0 Å². The lowest BCUT2D eigenvalue weighted by atomic mass is 10.1. The Morgan fingerprint density at radius 2 is 2.00 bits per heavy atom. The molecule has 0 aliphatic heterocycles. The molecule has 0 fully saturated rings. The highest BCUT2D eigenvalue weighted by Gasteiger charge is 2.21. The maximum atomic E-state index is 11.2. The number of benzene rings is 1. The number of hydrogen-bond donors (Lipinski definition) is 1. The fourth-order valence-electron chi connectivity index (χ4n) is 1.28. The number of primary sulfonamides is 1. The molecule has 0 spiro atoms. The van der Waals surface area contributed by atoms with Crippen LogP contribution in [0.1, 0.15) is 24.7 Å². The largest absolute Gasteiger partial charge is 0.494 e. The van der Waals surface area contributed by atoms with Gasteiger partial charge in [-0.15, -0.1) is 0 Å². The molecule has 1 unspecified atom stereocenters. The lowest BCUT2D eigenvalue weighted by molar-refractivity contribution is 0.336. The van der Waals surface area contributed by atoms with Crippen molar-refractivity contribution in [3.8, 4) is 5.75 Å². The maximum absolute atomic E-state index is 11.2. The van der Waals surface area contributed by atoms with Gasteiger partial charge in [0.1, 0.15) is 11.0 Å². The summed E-state index contributed by atoms with van der Waals surface area (Å²) in [5, 5.41) is 4.34. The normalized spacial score (nSPS) is 13.5. The second-order valence-corrected chi connectivity index (χ2v) is 5.09. The average molecular weight is 229 g/mol. The second kappa shape index (κ2) is 4.63. The third kappa shape index (κ3) is 2.94. The van der Waals surface area contributed by atoms with E-state index in [1.54, 1.807) is 31.2 Å². The number of rotatable bonds is 4. The molecule has 5 heteroatoms. The van der Waals surface area contributed by atoms with Crippen LogP contribution >= 0.6 is 0 Å². The summed E-state index contributed by atoms with van der Waals surface area (Å²) >= 11 is 0. The van der Waals surface area contributed by atoms with Crippen molar-refractivity contribution in [2.45, 2.75) is 19.1 Å². The highest BCUT2D eigenvalue weighted by atomic mass is 32.2. The van der Waals surface area contributed by atoms with Crippen LogP contribution in [-0.2, 0) is 10.0 Å². The minimum atomic E-state index is -3.58. The minimum absolute atomic E-state index is 0.494. The summed E-state index contributed by atoms with van der Waals surface area (Å²) < 4.78 is 27.8. The van der Waals surface area contributed by atoms with Crippen molar-refractivity contribution < 1.29 is 13.2 Å². The fourth-order valence-corrected chi connectivity index (χ4v) is 1.83. The van der Waals surface area contributed by atoms with Gasteiger partial charge in [0, 0.05) is 5.56 Å². The first-order valence-corrected chi connectivity index (χ1v) is 6.31. The van der Waals surface area contributed by atoms with Gasteiger partial charge in [-0.2, -0.15) is 0 Å². The second-order valence-electron chi connectivity index (χ2n) is 3.20. The van der Waals surface area contributed by atoms with Crippen molar-refractivity contribution in [3.05, 3.63) is 29.8 Å². The molecule has 0 heterocycles. The highest BCUT2D eigenvalue weighted by molar-refractivity contribution is 7.89. The van der Waals surface area contributed by atoms with Crippen molar-refractivity contribution in [2.24, 2.45) is 5.14 Å². The van der Waals surface area contributed by atoms with Crippen LogP contribution in [0.5, 0.6) is 5.75 Å². The van der Waals surface area contributed by atoms with Gasteiger partial charge in [0.05, 0.1) is 6.61 Å². The van der Waals surface area contributed by atoms with Gasteiger partial charge in [-0.05, 0) is 19.9 Å². The molecular weight excluding hydrogens is 214 g/mol. The topological polar surface area (TPSA) is 69.4 Å². The van der Waals surface area contributed by atoms with Crippen molar-refractivity contribution in [1.82, 2.24) is 0 Å². The van der Waals surface area contributed by atoms with Crippen LogP contribution in [-0.4, -0.2) is 15.0 Å². The van der Waals surface area contributed by atoms with E-state index in [0.29, 0.717) is 17.9 Å². The zero-order chi connectivity index (χ0) is 11.5. The Bertz CT molecular complexity index is 428. The van der Waals surface area contributed by atoms with E-state index in [4.69, 9.17) is 9.88 Å². The molecule has 4 nitrogen and oxygen atoms in total. The van der Waals surface area contributed by atoms with Gasteiger partial charge in [-0.1, -0.05) is 18.2 Å². The van der Waals surface area contributed by atoms with E-state index in [9.17, 15) is 8.42 Å². The molecular formula is C10H15NO3S. The van der Waals surface area contributed by atoms with Crippen LogP contribution in [0.2, 0.25) is 0 Å². The number of nitrogens with two attached hydrogens (primary N) is 1. The summed E-state index contributed by atoms with van der Waals surface area (Å²) in [7, 11) is -3.58. The van der Waals surface area contributed by atoms with E-state index in [1.165, 1.54) is 0 Å². The monoisotopic (exact) mass is 229 g/mol. The molecule has 0 saturated heterocycles. The van der Waals surface area contributed by atoms with Crippen LogP contribution in [0.25, 0.3) is 0 Å². The zero-order valence-electron chi connectivity index (χ0n) is 8.80. The van der Waals surface area contributed by atoms with E-state index in [-0.39, 0.29) is 0 Å². The van der Waals surface area contributed by atoms with Crippen LogP contribution in [0.4, 0.5) is 0 Å². The molecule has 84 valence electrons. The lowest BCUT2D eigenvalue weighted by Gasteiger charge is -2.14. The molecule has 2 N–H and O–H groups in total. The summed E-state index contributed by atoms with van der Waals surface area (Å²) in [4.78, 5) is 0. The third-order valence-corrected chi connectivity index (χ3v) is 3.39. The highest BCUT2D eigenvalue weighted by Crippen LogP contribution is 2.28. The number of ether oxygens (including phenoxy) is 1. The molecule has 0 aliphatic carbocycles. The Morgan fingerprint density at radius 1 is 1.40 bits per heavy atom. The fraction of sp³-hybridized carbons (Fsp3) is 0.400. The van der Waals surface area contributed by atoms with Gasteiger partial charge in [0.25, 0.3) is 0 Å². The smallest absolute Gasteiger partial charge is 0.216 e. The summed E-state index contributed by atoms with van der Waals surface area (Å²) in [5.74, 6) is 0.571. The Hall–Kier alpha value is -1.07. The minimum Gasteiger partial charge on any atom is -0.494 e. The first-order valence-electron chi connectivity index (χ1n) is 4.70. The van der Waals surface area contributed by atoms with Crippen LogP contribution in [0, 0.1) is 0 Å². The summed E-state index contributed by atoms with van der Waals surface area (Å²) in [6.45, 7) is 3.89. The molecule has 1 aromatic carbocycles. The van der Waals surface area contributed by atoms with Crippen molar-refractivity contribution >= 4 is 10.0 Å².